The smallest absolute Gasteiger partial charge is 0.294 e. The number of aryl methyl sites for hydroxylation is 1. The number of anilines is 1. The van der Waals surface area contributed by atoms with E-state index in [2.05, 4.69) is 11.6 Å². The lowest BCUT2D eigenvalue weighted by atomic mass is 10.1. The summed E-state index contributed by atoms with van der Waals surface area (Å²) >= 11 is 1.79. The minimum atomic E-state index is -0.346. The molecule has 2 heterocycles. The Kier molecular flexibility index (Phi) is 4.85. The van der Waals surface area contributed by atoms with Crippen molar-refractivity contribution in [3.05, 3.63) is 45.6 Å². The van der Waals surface area contributed by atoms with Crippen LogP contribution in [0.4, 0.5) is 11.5 Å². The third-order valence-electron chi connectivity index (χ3n) is 4.06. The largest absolute Gasteiger partial charge is 0.370 e. The number of nitro groups is 1. The predicted molar refractivity (Wildman–Crippen MR) is 93.7 cm³/mol. The molecule has 1 aromatic carbocycles. The van der Waals surface area contributed by atoms with Crippen molar-refractivity contribution in [3.8, 4) is 5.69 Å². The fourth-order valence-electron chi connectivity index (χ4n) is 2.95. The first-order valence-electron chi connectivity index (χ1n) is 7.79. The first-order chi connectivity index (χ1) is 11.2. The van der Waals surface area contributed by atoms with Gasteiger partial charge in [0.15, 0.2) is 0 Å². The van der Waals surface area contributed by atoms with Gasteiger partial charge in [-0.15, -0.1) is 0 Å². The first kappa shape index (κ1) is 15.9. The van der Waals surface area contributed by atoms with Gasteiger partial charge in [-0.05, 0) is 37.3 Å². The van der Waals surface area contributed by atoms with Crippen molar-refractivity contribution in [1.29, 1.82) is 0 Å². The van der Waals surface area contributed by atoms with E-state index in [0.717, 1.165) is 49.5 Å². The molecule has 0 unspecified atom stereocenters. The number of nitro benzene ring substituents is 1. The van der Waals surface area contributed by atoms with Crippen molar-refractivity contribution in [3.63, 3.8) is 0 Å². The highest BCUT2D eigenvalue weighted by molar-refractivity contribution is 7.98. The first-order valence-corrected chi connectivity index (χ1v) is 9.19. The van der Waals surface area contributed by atoms with E-state index < -0.39 is 0 Å². The number of fused-ring (bicyclic) bond motifs is 1. The lowest BCUT2D eigenvalue weighted by Crippen LogP contribution is -2.08. The molecule has 1 aliphatic rings. The molecule has 1 aliphatic heterocycles. The Bertz CT molecular complexity index is 714. The minimum Gasteiger partial charge on any atom is -0.370 e. The molecule has 1 N–H and O–H groups in total. The summed E-state index contributed by atoms with van der Waals surface area (Å²) in [7, 11) is 0. The molecular weight excluding hydrogens is 312 g/mol. The Balaban J connectivity index is 2.12. The summed E-state index contributed by atoms with van der Waals surface area (Å²) in [5.41, 5.74) is 2.88. The molecule has 0 amide bonds. The highest BCUT2D eigenvalue weighted by atomic mass is 32.2. The van der Waals surface area contributed by atoms with Gasteiger partial charge in [-0.3, -0.25) is 10.1 Å². The molecule has 0 aliphatic carbocycles. The average Bonchev–Trinajstić information content (AvgIpc) is 2.73. The van der Waals surface area contributed by atoms with Crippen LogP contribution in [0.25, 0.3) is 5.69 Å². The van der Waals surface area contributed by atoms with Crippen LogP contribution in [0.3, 0.4) is 0 Å². The van der Waals surface area contributed by atoms with Crippen molar-refractivity contribution in [2.45, 2.75) is 25.7 Å². The molecule has 0 spiro atoms. The Morgan fingerprint density at radius 3 is 3.00 bits per heavy atom. The Labute approximate surface area is 139 Å². The zero-order valence-corrected chi connectivity index (χ0v) is 13.9. The van der Waals surface area contributed by atoms with Crippen LogP contribution in [0.15, 0.2) is 24.3 Å². The molecule has 7 heteroatoms. The quantitative estimate of drug-likeness (QED) is 0.671. The van der Waals surface area contributed by atoms with Crippen molar-refractivity contribution < 1.29 is 4.92 Å². The number of para-hydroxylation sites is 2. The van der Waals surface area contributed by atoms with Gasteiger partial charge in [-0.1, -0.05) is 12.1 Å². The summed E-state index contributed by atoms with van der Waals surface area (Å²) in [6, 6.07) is 6.79. The number of rotatable bonds is 5. The van der Waals surface area contributed by atoms with Crippen LogP contribution in [-0.2, 0) is 12.8 Å². The van der Waals surface area contributed by atoms with Crippen LogP contribution in [0, 0.1) is 10.1 Å². The molecule has 0 fully saturated rings. The van der Waals surface area contributed by atoms with E-state index in [4.69, 9.17) is 5.10 Å². The maximum absolute atomic E-state index is 11.4. The van der Waals surface area contributed by atoms with Crippen molar-refractivity contribution in [2.24, 2.45) is 0 Å². The van der Waals surface area contributed by atoms with Crippen molar-refractivity contribution >= 4 is 23.3 Å². The van der Waals surface area contributed by atoms with Gasteiger partial charge < -0.3 is 5.32 Å². The summed E-state index contributed by atoms with van der Waals surface area (Å²) in [4.78, 5) is 11.0. The third kappa shape index (κ3) is 3.19. The molecule has 0 atom stereocenters. The van der Waals surface area contributed by atoms with E-state index >= 15 is 0 Å². The fourth-order valence-corrected chi connectivity index (χ4v) is 3.34. The van der Waals surface area contributed by atoms with Crippen LogP contribution in [0.5, 0.6) is 0 Å². The van der Waals surface area contributed by atoms with Crippen molar-refractivity contribution in [1.82, 2.24) is 9.78 Å². The van der Waals surface area contributed by atoms with E-state index in [1.54, 1.807) is 28.6 Å². The molecule has 0 bridgehead atoms. The number of hydrogen-bond acceptors (Lipinski definition) is 5. The van der Waals surface area contributed by atoms with E-state index in [1.165, 1.54) is 11.6 Å². The predicted octanol–water partition coefficient (Wildman–Crippen LogP) is 3.43. The second kappa shape index (κ2) is 7.04. The molecule has 2 aromatic rings. The number of nitrogens with one attached hydrogen (secondary N) is 1. The van der Waals surface area contributed by atoms with Gasteiger partial charge in [-0.2, -0.15) is 16.9 Å². The van der Waals surface area contributed by atoms with Gasteiger partial charge >= 0.3 is 0 Å². The highest BCUT2D eigenvalue weighted by Gasteiger charge is 2.24. The number of nitrogens with zero attached hydrogens (tertiary/aromatic N) is 3. The fraction of sp³-hybridized carbons (Fsp3) is 0.438. The van der Waals surface area contributed by atoms with Gasteiger partial charge in [0.2, 0.25) is 0 Å². The summed E-state index contributed by atoms with van der Waals surface area (Å²) in [5.74, 6) is 1.92. The maximum Gasteiger partial charge on any atom is 0.294 e. The van der Waals surface area contributed by atoms with Gasteiger partial charge in [0.1, 0.15) is 11.5 Å². The topological polar surface area (TPSA) is 73.0 Å². The SMILES string of the molecule is CSCCc1nn(-c2ccccc2[N+](=O)[O-])c2c1CCCCN2. The number of thioether (sulfide) groups is 1. The summed E-state index contributed by atoms with van der Waals surface area (Å²) in [6.45, 7) is 0.876. The molecule has 0 saturated heterocycles. The minimum absolute atomic E-state index is 0.0836. The standard InChI is InChI=1S/C16H20N4O2S/c1-23-11-9-13-12-6-4-5-10-17-16(12)19(18-13)14-7-2-3-8-15(14)20(21)22/h2-3,7-8,17H,4-6,9-11H2,1H3. The summed E-state index contributed by atoms with van der Waals surface area (Å²) in [5, 5.41) is 19.5. The normalized spacial score (nSPS) is 14.0. The van der Waals surface area contributed by atoms with E-state index in [0.29, 0.717) is 5.69 Å². The third-order valence-corrected chi connectivity index (χ3v) is 4.67. The van der Waals surface area contributed by atoms with Crippen LogP contribution >= 0.6 is 11.8 Å². The Hall–Kier alpha value is -2.02. The maximum atomic E-state index is 11.4. The summed E-state index contributed by atoms with van der Waals surface area (Å²) < 4.78 is 1.73. The molecule has 6 nitrogen and oxygen atoms in total. The lowest BCUT2D eigenvalue weighted by molar-refractivity contribution is -0.384. The van der Waals surface area contributed by atoms with Crippen LogP contribution in [0.2, 0.25) is 0 Å². The molecule has 122 valence electrons. The second-order valence-corrected chi connectivity index (χ2v) is 6.54. The molecular formula is C16H20N4O2S. The van der Waals surface area contributed by atoms with E-state index in [-0.39, 0.29) is 10.6 Å². The van der Waals surface area contributed by atoms with Crippen molar-refractivity contribution in [2.75, 3.05) is 23.9 Å². The second-order valence-electron chi connectivity index (χ2n) is 5.56. The Morgan fingerprint density at radius 1 is 1.39 bits per heavy atom. The molecule has 0 radical (unpaired) electrons. The van der Waals surface area contributed by atoms with Gasteiger partial charge in [0.25, 0.3) is 5.69 Å². The van der Waals surface area contributed by atoms with E-state index in [1.807, 2.05) is 6.07 Å². The number of benzene rings is 1. The Morgan fingerprint density at radius 2 is 2.22 bits per heavy atom. The van der Waals surface area contributed by atoms with Crippen LogP contribution in [0.1, 0.15) is 24.1 Å². The average molecular weight is 332 g/mol. The zero-order chi connectivity index (χ0) is 16.2. The zero-order valence-electron chi connectivity index (χ0n) is 13.1. The van der Waals surface area contributed by atoms with Gasteiger partial charge in [0.05, 0.1) is 10.6 Å². The number of aromatic nitrogens is 2. The molecule has 3 rings (SSSR count). The molecule has 1 aromatic heterocycles. The van der Waals surface area contributed by atoms with Gasteiger partial charge in [0, 0.05) is 24.6 Å². The monoisotopic (exact) mass is 332 g/mol. The summed E-state index contributed by atoms with van der Waals surface area (Å²) in [6.07, 6.45) is 6.17. The van der Waals surface area contributed by atoms with E-state index in [9.17, 15) is 10.1 Å². The molecule has 23 heavy (non-hydrogen) atoms. The number of hydrogen-bond donors (Lipinski definition) is 1. The van der Waals surface area contributed by atoms with Crippen LogP contribution < -0.4 is 5.32 Å². The highest BCUT2D eigenvalue weighted by Crippen LogP contribution is 2.32. The molecule has 0 saturated carbocycles. The lowest BCUT2D eigenvalue weighted by Gasteiger charge is -2.09. The van der Waals surface area contributed by atoms with Crippen LogP contribution in [-0.4, -0.2) is 33.3 Å². The van der Waals surface area contributed by atoms with Gasteiger partial charge in [-0.25, -0.2) is 4.68 Å².